The number of urea groups is 1. The van der Waals surface area contributed by atoms with E-state index in [1.807, 2.05) is 19.2 Å². The summed E-state index contributed by atoms with van der Waals surface area (Å²) in [4.78, 5) is 23.9. The SMILES string of the molecule is Cc1cc(NC(=O)N[C@@H]2COC[C@@H]2n2cccn2)cc(=O)n1C. The molecule has 2 atom stereocenters. The number of hydrogen-bond donors (Lipinski definition) is 2. The second kappa shape index (κ2) is 6.25. The summed E-state index contributed by atoms with van der Waals surface area (Å²) in [5.74, 6) is 0. The molecule has 0 aromatic carbocycles. The summed E-state index contributed by atoms with van der Waals surface area (Å²) in [7, 11) is 1.69. The number of hydrogen-bond acceptors (Lipinski definition) is 4. The van der Waals surface area contributed by atoms with Crippen LogP contribution in [0.4, 0.5) is 10.5 Å². The predicted octanol–water partition coefficient (Wildman–Crippen LogP) is 0.652. The van der Waals surface area contributed by atoms with E-state index < -0.39 is 0 Å². The van der Waals surface area contributed by atoms with Gasteiger partial charge in [0.1, 0.15) is 0 Å². The van der Waals surface area contributed by atoms with Crippen molar-refractivity contribution in [2.75, 3.05) is 18.5 Å². The van der Waals surface area contributed by atoms with Crippen LogP contribution < -0.4 is 16.2 Å². The van der Waals surface area contributed by atoms with E-state index in [1.165, 1.54) is 10.6 Å². The van der Waals surface area contributed by atoms with E-state index in [0.717, 1.165) is 5.69 Å². The monoisotopic (exact) mass is 317 g/mol. The van der Waals surface area contributed by atoms with Gasteiger partial charge < -0.3 is 19.9 Å². The number of pyridine rings is 1. The summed E-state index contributed by atoms with van der Waals surface area (Å²) >= 11 is 0. The fraction of sp³-hybridized carbons (Fsp3) is 0.400. The van der Waals surface area contributed by atoms with Crippen molar-refractivity contribution >= 4 is 11.7 Å². The number of amides is 2. The first-order valence-corrected chi connectivity index (χ1v) is 7.36. The van der Waals surface area contributed by atoms with Crippen LogP contribution in [0.5, 0.6) is 0 Å². The fourth-order valence-corrected chi connectivity index (χ4v) is 2.59. The predicted molar refractivity (Wildman–Crippen MR) is 84.4 cm³/mol. The summed E-state index contributed by atoms with van der Waals surface area (Å²) < 4.78 is 8.74. The fourth-order valence-electron chi connectivity index (χ4n) is 2.59. The third-order valence-corrected chi connectivity index (χ3v) is 3.99. The van der Waals surface area contributed by atoms with Gasteiger partial charge in [0.25, 0.3) is 5.56 Å². The third kappa shape index (κ3) is 3.26. The first kappa shape index (κ1) is 15.3. The molecule has 0 saturated carbocycles. The Hall–Kier alpha value is -2.61. The second-order valence-corrected chi connectivity index (χ2v) is 5.58. The Bertz CT molecular complexity index is 753. The van der Waals surface area contributed by atoms with E-state index >= 15 is 0 Å². The van der Waals surface area contributed by atoms with Crippen LogP contribution in [0, 0.1) is 6.92 Å². The van der Waals surface area contributed by atoms with Gasteiger partial charge in [-0.15, -0.1) is 0 Å². The van der Waals surface area contributed by atoms with Crippen LogP contribution in [-0.4, -0.2) is 39.6 Å². The van der Waals surface area contributed by atoms with Gasteiger partial charge in [-0.05, 0) is 19.1 Å². The molecule has 2 aromatic rings. The zero-order chi connectivity index (χ0) is 16.4. The Labute approximate surface area is 133 Å². The van der Waals surface area contributed by atoms with Crippen LogP contribution >= 0.6 is 0 Å². The number of aromatic nitrogens is 3. The summed E-state index contributed by atoms with van der Waals surface area (Å²) in [6.07, 6.45) is 3.54. The van der Waals surface area contributed by atoms with Crippen molar-refractivity contribution in [2.45, 2.75) is 19.0 Å². The van der Waals surface area contributed by atoms with E-state index in [4.69, 9.17) is 4.74 Å². The highest BCUT2D eigenvalue weighted by molar-refractivity contribution is 5.89. The van der Waals surface area contributed by atoms with Gasteiger partial charge in [0.15, 0.2) is 0 Å². The quantitative estimate of drug-likeness (QED) is 0.870. The molecular formula is C15H19N5O3. The Kier molecular flexibility index (Phi) is 4.16. The lowest BCUT2D eigenvalue weighted by Crippen LogP contribution is -2.43. The molecule has 8 nitrogen and oxygen atoms in total. The molecule has 3 heterocycles. The lowest BCUT2D eigenvalue weighted by atomic mass is 10.2. The van der Waals surface area contributed by atoms with Crippen molar-refractivity contribution in [3.05, 3.63) is 46.6 Å². The lowest BCUT2D eigenvalue weighted by Gasteiger charge is -2.19. The van der Waals surface area contributed by atoms with E-state index in [-0.39, 0.29) is 23.7 Å². The molecule has 0 radical (unpaired) electrons. The van der Waals surface area contributed by atoms with Gasteiger partial charge in [-0.2, -0.15) is 5.10 Å². The van der Waals surface area contributed by atoms with Gasteiger partial charge in [-0.1, -0.05) is 0 Å². The summed E-state index contributed by atoms with van der Waals surface area (Å²) in [6, 6.07) is 4.38. The molecule has 1 aliphatic heterocycles. The molecule has 0 spiro atoms. The Morgan fingerprint density at radius 1 is 1.39 bits per heavy atom. The van der Waals surface area contributed by atoms with Gasteiger partial charge in [-0.3, -0.25) is 9.48 Å². The van der Waals surface area contributed by atoms with Gasteiger partial charge in [0, 0.05) is 36.9 Å². The van der Waals surface area contributed by atoms with Gasteiger partial charge in [0.2, 0.25) is 0 Å². The molecule has 0 unspecified atom stereocenters. The van der Waals surface area contributed by atoms with Gasteiger partial charge in [0.05, 0.1) is 25.3 Å². The van der Waals surface area contributed by atoms with Crippen molar-refractivity contribution in [1.82, 2.24) is 19.7 Å². The van der Waals surface area contributed by atoms with Gasteiger partial charge in [-0.25, -0.2) is 4.79 Å². The average Bonchev–Trinajstić information content (AvgIpc) is 3.15. The van der Waals surface area contributed by atoms with E-state index in [0.29, 0.717) is 18.9 Å². The maximum atomic E-state index is 12.2. The molecule has 23 heavy (non-hydrogen) atoms. The average molecular weight is 317 g/mol. The van der Waals surface area contributed by atoms with Crippen molar-refractivity contribution in [1.29, 1.82) is 0 Å². The van der Waals surface area contributed by atoms with E-state index in [1.54, 1.807) is 24.0 Å². The highest BCUT2D eigenvalue weighted by atomic mass is 16.5. The molecule has 1 saturated heterocycles. The minimum atomic E-state index is -0.370. The first-order chi connectivity index (χ1) is 11.0. The molecule has 3 rings (SSSR count). The van der Waals surface area contributed by atoms with Crippen LogP contribution in [0.25, 0.3) is 0 Å². The van der Waals surface area contributed by atoms with Crippen molar-refractivity contribution in [3.63, 3.8) is 0 Å². The topological polar surface area (TPSA) is 90.2 Å². The number of nitrogens with one attached hydrogen (secondary N) is 2. The minimum Gasteiger partial charge on any atom is -0.377 e. The number of carbonyl (C=O) groups excluding carboxylic acids is 1. The molecule has 1 fully saturated rings. The number of nitrogens with zero attached hydrogens (tertiary/aromatic N) is 3. The number of anilines is 1. The van der Waals surface area contributed by atoms with Crippen molar-refractivity contribution in [2.24, 2.45) is 7.05 Å². The number of rotatable bonds is 3. The molecule has 2 aromatic heterocycles. The zero-order valence-electron chi connectivity index (χ0n) is 13.0. The summed E-state index contributed by atoms with van der Waals surface area (Å²) in [5, 5.41) is 9.76. The molecule has 2 amide bonds. The third-order valence-electron chi connectivity index (χ3n) is 3.99. The van der Waals surface area contributed by atoms with Crippen molar-refractivity contribution in [3.8, 4) is 0 Å². The van der Waals surface area contributed by atoms with Crippen LogP contribution in [0.15, 0.2) is 35.4 Å². The number of aryl methyl sites for hydroxylation is 1. The molecule has 1 aliphatic rings. The number of ether oxygens (including phenoxy) is 1. The first-order valence-electron chi connectivity index (χ1n) is 7.36. The summed E-state index contributed by atoms with van der Waals surface area (Å²) in [6.45, 7) is 2.73. The van der Waals surface area contributed by atoms with Crippen molar-refractivity contribution < 1.29 is 9.53 Å². The van der Waals surface area contributed by atoms with Crippen LogP contribution in [0.3, 0.4) is 0 Å². The molecule has 2 N–H and O–H groups in total. The molecule has 122 valence electrons. The molecule has 0 bridgehead atoms. The van der Waals surface area contributed by atoms with Crippen LogP contribution in [0.1, 0.15) is 11.7 Å². The highest BCUT2D eigenvalue weighted by Crippen LogP contribution is 2.18. The molecular weight excluding hydrogens is 298 g/mol. The van der Waals surface area contributed by atoms with Crippen LogP contribution in [0.2, 0.25) is 0 Å². The zero-order valence-corrected chi connectivity index (χ0v) is 13.0. The molecule has 0 aliphatic carbocycles. The highest BCUT2D eigenvalue weighted by Gasteiger charge is 2.31. The Morgan fingerprint density at radius 2 is 2.22 bits per heavy atom. The smallest absolute Gasteiger partial charge is 0.319 e. The Morgan fingerprint density at radius 3 is 2.91 bits per heavy atom. The maximum absolute atomic E-state index is 12.2. The lowest BCUT2D eigenvalue weighted by molar-refractivity contribution is 0.181. The summed E-state index contributed by atoms with van der Waals surface area (Å²) in [5.41, 5.74) is 1.07. The standard InChI is InChI=1S/C15H19N5O3/c1-10-6-11(7-14(21)19(10)2)17-15(22)18-12-8-23-9-13(12)20-5-3-4-16-20/h3-7,12-13H,8-9H2,1-2H3,(H2,17,18,22)/t12-,13+/m1/s1. The maximum Gasteiger partial charge on any atom is 0.319 e. The van der Waals surface area contributed by atoms with Crippen LogP contribution in [-0.2, 0) is 11.8 Å². The Balaban J connectivity index is 1.66. The minimum absolute atomic E-state index is 0.0406. The second-order valence-electron chi connectivity index (χ2n) is 5.58. The van der Waals surface area contributed by atoms with Gasteiger partial charge >= 0.3 is 6.03 Å². The van der Waals surface area contributed by atoms with E-state index in [2.05, 4.69) is 15.7 Å². The van der Waals surface area contributed by atoms with E-state index in [9.17, 15) is 9.59 Å². The molecule has 8 heteroatoms. The normalized spacial score (nSPS) is 20.4. The largest absolute Gasteiger partial charge is 0.377 e. The number of carbonyl (C=O) groups is 1.